The molecule has 246 valence electrons. The van der Waals surface area contributed by atoms with Gasteiger partial charge >= 0.3 is 0 Å². The van der Waals surface area contributed by atoms with Crippen molar-refractivity contribution in [3.8, 4) is 16.8 Å². The number of nitrogens with one attached hydrogen (secondary N) is 1. The molecule has 1 amide bonds. The molecule has 2 heterocycles. The number of carbonyl (C=O) groups is 1. The van der Waals surface area contributed by atoms with E-state index in [1.54, 1.807) is 28.6 Å². The molecule has 5 aromatic carbocycles. The Labute approximate surface area is 288 Å². The highest BCUT2D eigenvalue weighted by molar-refractivity contribution is 7.99. The summed E-state index contributed by atoms with van der Waals surface area (Å²) in [6.07, 6.45) is -0.346. The van der Waals surface area contributed by atoms with Crippen LogP contribution in [0.2, 0.25) is 0 Å². The van der Waals surface area contributed by atoms with Crippen LogP contribution in [0.3, 0.4) is 0 Å². The molecule has 10 heteroatoms. The van der Waals surface area contributed by atoms with Gasteiger partial charge in [0.15, 0.2) is 6.29 Å². The molecule has 3 atom stereocenters. The van der Waals surface area contributed by atoms with Crippen LogP contribution in [0.25, 0.3) is 16.8 Å². The van der Waals surface area contributed by atoms with Crippen molar-refractivity contribution in [3.05, 3.63) is 161 Å². The second-order valence-electron chi connectivity index (χ2n) is 11.7. The van der Waals surface area contributed by atoms with Gasteiger partial charge in [-0.25, -0.2) is 0 Å². The van der Waals surface area contributed by atoms with E-state index in [0.717, 1.165) is 39.1 Å². The largest absolute Gasteiger partial charge is 0.392 e. The maximum Gasteiger partial charge on any atom is 0.251 e. The van der Waals surface area contributed by atoms with Gasteiger partial charge in [-0.3, -0.25) is 4.79 Å². The van der Waals surface area contributed by atoms with E-state index in [1.165, 1.54) is 0 Å². The number of para-hydroxylation sites is 1. The Morgan fingerprint density at radius 3 is 2.31 bits per heavy atom. The number of hydrogen-bond donors (Lipinski definition) is 2. The predicted molar refractivity (Wildman–Crippen MR) is 188 cm³/mol. The summed E-state index contributed by atoms with van der Waals surface area (Å²) in [5.74, 6) is 0.513. The first kappa shape index (κ1) is 32.4. The van der Waals surface area contributed by atoms with E-state index in [4.69, 9.17) is 9.47 Å². The molecule has 9 nitrogen and oxygen atoms in total. The minimum absolute atomic E-state index is 0.0136. The van der Waals surface area contributed by atoms with Gasteiger partial charge in [0.2, 0.25) is 5.16 Å². The van der Waals surface area contributed by atoms with Crippen LogP contribution in [0, 0.1) is 0 Å². The molecule has 2 N–H and O–H groups in total. The first-order valence-electron chi connectivity index (χ1n) is 16.1. The molecule has 6 aromatic rings. The van der Waals surface area contributed by atoms with Gasteiger partial charge in [-0.2, -0.15) is 4.68 Å². The Hall–Kier alpha value is -5.13. The summed E-state index contributed by atoms with van der Waals surface area (Å²) in [4.78, 5) is 12.6. The Balaban J connectivity index is 1.10. The second-order valence-corrected chi connectivity index (χ2v) is 12.7. The molecule has 49 heavy (non-hydrogen) atoms. The molecule has 1 fully saturated rings. The van der Waals surface area contributed by atoms with Crippen molar-refractivity contribution in [2.24, 2.45) is 0 Å². The molecule has 1 aliphatic heterocycles. The summed E-state index contributed by atoms with van der Waals surface area (Å²) >= 11 is 1.55. The number of tetrazole rings is 1. The third-order valence-corrected chi connectivity index (χ3v) is 9.41. The smallest absolute Gasteiger partial charge is 0.251 e. The quantitative estimate of drug-likeness (QED) is 0.141. The van der Waals surface area contributed by atoms with Crippen LogP contribution >= 0.6 is 11.8 Å². The highest BCUT2D eigenvalue weighted by Crippen LogP contribution is 2.40. The molecule has 0 saturated carbocycles. The molecule has 0 bridgehead atoms. The number of hydrogen-bond acceptors (Lipinski definition) is 8. The average Bonchev–Trinajstić information content (AvgIpc) is 3.66. The van der Waals surface area contributed by atoms with E-state index in [9.17, 15) is 9.90 Å². The van der Waals surface area contributed by atoms with Gasteiger partial charge in [0.1, 0.15) is 0 Å². The fraction of sp³-hybridized carbons (Fsp3) is 0.179. The van der Waals surface area contributed by atoms with Crippen molar-refractivity contribution in [2.75, 3.05) is 5.75 Å². The van der Waals surface area contributed by atoms with Crippen LogP contribution in [0.4, 0.5) is 0 Å². The number of nitrogens with zero attached hydrogens (tertiary/aromatic N) is 4. The fourth-order valence-electron chi connectivity index (χ4n) is 5.79. The van der Waals surface area contributed by atoms with Crippen molar-refractivity contribution < 1.29 is 19.4 Å². The van der Waals surface area contributed by atoms with E-state index in [2.05, 4.69) is 45.1 Å². The van der Waals surface area contributed by atoms with Gasteiger partial charge in [0.05, 0.1) is 24.5 Å². The Morgan fingerprint density at radius 1 is 0.796 bits per heavy atom. The van der Waals surface area contributed by atoms with E-state index in [1.807, 2.05) is 97.1 Å². The summed E-state index contributed by atoms with van der Waals surface area (Å²) in [5.41, 5.74) is 7.34. The van der Waals surface area contributed by atoms with E-state index in [0.29, 0.717) is 29.4 Å². The van der Waals surface area contributed by atoms with Crippen molar-refractivity contribution in [1.29, 1.82) is 0 Å². The van der Waals surface area contributed by atoms with Crippen molar-refractivity contribution in [1.82, 2.24) is 25.5 Å². The minimum atomic E-state index is -0.611. The number of ether oxygens (including phenoxy) is 2. The van der Waals surface area contributed by atoms with Crippen LogP contribution in [0.5, 0.6) is 0 Å². The van der Waals surface area contributed by atoms with Crippen LogP contribution < -0.4 is 5.32 Å². The summed E-state index contributed by atoms with van der Waals surface area (Å²) in [7, 11) is 0. The van der Waals surface area contributed by atoms with Crippen LogP contribution in [-0.4, -0.2) is 43.1 Å². The third kappa shape index (κ3) is 7.96. The number of amides is 1. The van der Waals surface area contributed by atoms with Crippen molar-refractivity contribution >= 4 is 17.7 Å². The molecule has 0 spiro atoms. The second kappa shape index (κ2) is 15.4. The molecular weight excluding hydrogens is 635 g/mol. The molecule has 1 saturated heterocycles. The number of aromatic nitrogens is 4. The van der Waals surface area contributed by atoms with Crippen molar-refractivity contribution in [2.45, 2.75) is 43.2 Å². The van der Waals surface area contributed by atoms with E-state index < -0.39 is 6.29 Å². The number of aliphatic hydroxyl groups excluding tert-OH is 1. The molecule has 7 rings (SSSR count). The van der Waals surface area contributed by atoms with Gasteiger partial charge in [0, 0.05) is 29.8 Å². The van der Waals surface area contributed by atoms with Gasteiger partial charge in [0.25, 0.3) is 5.91 Å². The van der Waals surface area contributed by atoms with Gasteiger partial charge in [-0.05, 0) is 74.6 Å². The predicted octanol–water partition coefficient (Wildman–Crippen LogP) is 7.09. The van der Waals surface area contributed by atoms with Gasteiger partial charge in [-0.15, -0.1) is 5.10 Å². The molecule has 0 unspecified atom stereocenters. The number of carbonyl (C=O) groups excluding carboxylic acids is 1. The van der Waals surface area contributed by atoms with E-state index in [-0.39, 0.29) is 24.7 Å². The number of thioether (sulfide) groups is 1. The van der Waals surface area contributed by atoms with Crippen LogP contribution in [-0.2, 0) is 22.6 Å². The standard InChI is InChI=1S/C39H35N5O4S/c45-25-27-17-19-29(20-18-27)36-23-35(26-49-39-41-42-43-44(39)34-15-5-2-6-16-34)47-38(48-36)33-14-8-13-32(22-33)31-12-7-9-28(21-31)24-40-37(46)30-10-3-1-4-11-30/h1-22,35-36,38,45H,23-26H2,(H,40,46)/t35-,36+,38+/m1/s1. The summed E-state index contributed by atoms with van der Waals surface area (Å²) in [6.45, 7) is 0.403. The number of benzene rings is 5. The summed E-state index contributed by atoms with van der Waals surface area (Å²) in [6, 6.07) is 43.3. The summed E-state index contributed by atoms with van der Waals surface area (Å²) in [5, 5.41) is 25.7. The molecule has 1 aromatic heterocycles. The Bertz CT molecular complexity index is 1990. The molecule has 0 radical (unpaired) electrons. The summed E-state index contributed by atoms with van der Waals surface area (Å²) < 4.78 is 15.0. The maximum atomic E-state index is 12.6. The monoisotopic (exact) mass is 669 g/mol. The molecule has 1 aliphatic rings. The average molecular weight is 670 g/mol. The van der Waals surface area contributed by atoms with Gasteiger partial charge < -0.3 is 19.9 Å². The third-order valence-electron chi connectivity index (χ3n) is 8.36. The lowest BCUT2D eigenvalue weighted by molar-refractivity contribution is -0.245. The normalized spacial score (nSPS) is 17.4. The highest BCUT2D eigenvalue weighted by atomic mass is 32.2. The molecular formula is C39H35N5O4S. The minimum Gasteiger partial charge on any atom is -0.392 e. The zero-order chi connectivity index (χ0) is 33.4. The Morgan fingerprint density at radius 2 is 1.53 bits per heavy atom. The number of aliphatic hydroxyl groups is 1. The maximum absolute atomic E-state index is 12.6. The molecule has 0 aliphatic carbocycles. The lowest BCUT2D eigenvalue weighted by atomic mass is 9.99. The first-order valence-corrected chi connectivity index (χ1v) is 17.1. The number of rotatable bonds is 11. The lowest BCUT2D eigenvalue weighted by Gasteiger charge is -2.36. The zero-order valence-electron chi connectivity index (χ0n) is 26.6. The SMILES string of the molecule is O=C(NCc1cccc(-c2cccc([C@H]3O[C@@H](CSc4nnnn4-c4ccccc4)C[C@@H](c4ccc(CO)cc4)O3)c2)c1)c1ccccc1. The van der Waals surface area contributed by atoms with Crippen molar-refractivity contribution in [3.63, 3.8) is 0 Å². The highest BCUT2D eigenvalue weighted by Gasteiger charge is 2.33. The van der Waals surface area contributed by atoms with Gasteiger partial charge in [-0.1, -0.05) is 109 Å². The van der Waals surface area contributed by atoms with E-state index >= 15 is 0 Å². The Kier molecular flexibility index (Phi) is 10.2. The first-order chi connectivity index (χ1) is 24.1. The van der Waals surface area contributed by atoms with Crippen LogP contribution in [0.15, 0.2) is 139 Å². The topological polar surface area (TPSA) is 111 Å². The van der Waals surface area contributed by atoms with Crippen LogP contribution in [0.1, 0.15) is 51.4 Å². The zero-order valence-corrected chi connectivity index (χ0v) is 27.4. The lowest BCUT2D eigenvalue weighted by Crippen LogP contribution is -2.31. The fourth-order valence-corrected chi connectivity index (χ4v) is 6.70.